The third kappa shape index (κ3) is 4.37. The molecule has 2 aromatic carbocycles. The number of hydrogen-bond acceptors (Lipinski definition) is 4. The van der Waals surface area contributed by atoms with Crippen LogP contribution in [0.2, 0.25) is 0 Å². The molecule has 2 amide bonds. The predicted octanol–water partition coefficient (Wildman–Crippen LogP) is 3.79. The van der Waals surface area contributed by atoms with Crippen LogP contribution in [0, 0.1) is 19.8 Å². The van der Waals surface area contributed by atoms with Gasteiger partial charge in [0.2, 0.25) is 11.8 Å². The standard InChI is InChI=1S/C24H28N2O4S/c1-15-5-4-6-21(17(15)3)25-23(27)11-12-31(29,30)20-9-10-22-19(14-20)13-16(2)26(22)24(28)18-7-8-18/h4-6,9-10,14,16,18H,7-8,11-13H2,1-3H3,(H,25,27)/t16-/m1/s1. The molecule has 0 saturated heterocycles. The summed E-state index contributed by atoms with van der Waals surface area (Å²) in [5.74, 6) is -0.325. The number of carbonyl (C=O) groups is 2. The number of amides is 2. The molecule has 1 aliphatic carbocycles. The molecule has 31 heavy (non-hydrogen) atoms. The molecule has 1 aliphatic heterocycles. The Morgan fingerprint density at radius 1 is 1.13 bits per heavy atom. The molecule has 0 bridgehead atoms. The topological polar surface area (TPSA) is 83.6 Å². The first-order chi connectivity index (χ1) is 14.7. The van der Waals surface area contributed by atoms with Crippen LogP contribution in [0.4, 0.5) is 11.4 Å². The Kier molecular flexibility index (Phi) is 5.64. The quantitative estimate of drug-likeness (QED) is 0.741. The molecule has 2 aromatic rings. The van der Waals surface area contributed by atoms with Crippen LogP contribution in [0.5, 0.6) is 0 Å². The van der Waals surface area contributed by atoms with E-state index in [0.29, 0.717) is 12.1 Å². The predicted molar refractivity (Wildman–Crippen MR) is 121 cm³/mol. The lowest BCUT2D eigenvalue weighted by Crippen LogP contribution is -2.36. The van der Waals surface area contributed by atoms with Crippen molar-refractivity contribution in [3.63, 3.8) is 0 Å². The summed E-state index contributed by atoms with van der Waals surface area (Å²) in [6.07, 6.45) is 2.40. The number of benzene rings is 2. The van der Waals surface area contributed by atoms with E-state index in [9.17, 15) is 18.0 Å². The van der Waals surface area contributed by atoms with Gasteiger partial charge in [-0.1, -0.05) is 12.1 Å². The zero-order valence-electron chi connectivity index (χ0n) is 18.1. The fourth-order valence-corrected chi connectivity index (χ4v) is 5.39. The number of nitrogens with one attached hydrogen (secondary N) is 1. The Morgan fingerprint density at radius 2 is 1.87 bits per heavy atom. The van der Waals surface area contributed by atoms with Crippen molar-refractivity contribution >= 4 is 33.0 Å². The fourth-order valence-electron chi connectivity index (χ4n) is 4.11. The fraction of sp³-hybridized carbons (Fsp3) is 0.417. The van der Waals surface area contributed by atoms with Crippen LogP contribution in [0.1, 0.15) is 42.9 Å². The van der Waals surface area contributed by atoms with Crippen LogP contribution in [0.3, 0.4) is 0 Å². The summed E-state index contributed by atoms with van der Waals surface area (Å²) >= 11 is 0. The SMILES string of the molecule is Cc1cccc(NC(=O)CCS(=O)(=O)c2ccc3c(c2)C[C@@H](C)N3C(=O)C2CC2)c1C. The van der Waals surface area contributed by atoms with Gasteiger partial charge in [0.05, 0.1) is 10.6 Å². The van der Waals surface area contributed by atoms with Gasteiger partial charge in [-0.3, -0.25) is 9.59 Å². The average molecular weight is 441 g/mol. The number of carbonyl (C=O) groups excluding carboxylic acids is 2. The molecule has 7 heteroatoms. The summed E-state index contributed by atoms with van der Waals surface area (Å²) in [7, 11) is -3.61. The van der Waals surface area contributed by atoms with Crippen molar-refractivity contribution < 1.29 is 18.0 Å². The Labute approximate surface area is 183 Å². The molecule has 1 saturated carbocycles. The third-order valence-corrected chi connectivity index (χ3v) is 7.98. The number of fused-ring (bicyclic) bond motifs is 1. The summed E-state index contributed by atoms with van der Waals surface area (Å²) < 4.78 is 25.7. The van der Waals surface area contributed by atoms with Gasteiger partial charge < -0.3 is 10.2 Å². The second kappa shape index (κ2) is 8.11. The maximum absolute atomic E-state index is 12.9. The molecule has 0 spiro atoms. The molecule has 6 nitrogen and oxygen atoms in total. The Bertz CT molecular complexity index is 1150. The molecular weight excluding hydrogens is 412 g/mol. The number of aryl methyl sites for hydroxylation is 1. The van der Waals surface area contributed by atoms with Gasteiger partial charge in [0.1, 0.15) is 0 Å². The van der Waals surface area contributed by atoms with Crippen LogP contribution in [-0.2, 0) is 25.8 Å². The van der Waals surface area contributed by atoms with Gasteiger partial charge in [0.15, 0.2) is 9.84 Å². The summed E-state index contributed by atoms with van der Waals surface area (Å²) in [6, 6.07) is 10.6. The smallest absolute Gasteiger partial charge is 0.230 e. The lowest BCUT2D eigenvalue weighted by Gasteiger charge is -2.22. The maximum atomic E-state index is 12.9. The highest BCUT2D eigenvalue weighted by atomic mass is 32.2. The molecule has 1 fully saturated rings. The molecular formula is C24H28N2O4S. The number of rotatable bonds is 6. The molecule has 1 atom stereocenters. The van der Waals surface area contributed by atoms with E-state index in [1.807, 2.05) is 43.9 Å². The first kappa shape index (κ1) is 21.6. The van der Waals surface area contributed by atoms with E-state index in [1.54, 1.807) is 18.2 Å². The first-order valence-corrected chi connectivity index (χ1v) is 12.4. The van der Waals surface area contributed by atoms with E-state index < -0.39 is 9.84 Å². The lowest BCUT2D eigenvalue weighted by molar-refractivity contribution is -0.120. The Hall–Kier alpha value is -2.67. The van der Waals surface area contributed by atoms with Crippen LogP contribution in [0.25, 0.3) is 0 Å². The molecule has 1 N–H and O–H groups in total. The van der Waals surface area contributed by atoms with Crippen molar-refractivity contribution in [2.45, 2.75) is 57.4 Å². The number of hydrogen-bond donors (Lipinski definition) is 1. The Morgan fingerprint density at radius 3 is 2.58 bits per heavy atom. The number of anilines is 2. The van der Waals surface area contributed by atoms with Crippen molar-refractivity contribution in [2.24, 2.45) is 5.92 Å². The molecule has 0 radical (unpaired) electrons. The lowest BCUT2D eigenvalue weighted by atomic mass is 10.1. The minimum atomic E-state index is -3.61. The normalized spacial score (nSPS) is 18.0. The minimum absolute atomic E-state index is 0.0319. The highest BCUT2D eigenvalue weighted by Gasteiger charge is 2.39. The second-order valence-corrected chi connectivity index (χ2v) is 10.8. The summed E-state index contributed by atoms with van der Waals surface area (Å²) in [5, 5.41) is 2.81. The van der Waals surface area contributed by atoms with Gasteiger partial charge in [-0.05, 0) is 81.0 Å². The highest BCUT2D eigenvalue weighted by molar-refractivity contribution is 7.91. The third-order valence-electron chi connectivity index (χ3n) is 6.27. The zero-order valence-corrected chi connectivity index (χ0v) is 19.0. The van der Waals surface area contributed by atoms with Crippen LogP contribution >= 0.6 is 0 Å². The number of sulfone groups is 1. The summed E-state index contributed by atoms with van der Waals surface area (Å²) in [6.45, 7) is 5.88. The van der Waals surface area contributed by atoms with E-state index >= 15 is 0 Å². The molecule has 0 unspecified atom stereocenters. The minimum Gasteiger partial charge on any atom is -0.326 e. The van der Waals surface area contributed by atoms with Crippen molar-refractivity contribution in [3.05, 3.63) is 53.1 Å². The second-order valence-electron chi connectivity index (χ2n) is 8.69. The maximum Gasteiger partial charge on any atom is 0.230 e. The zero-order chi connectivity index (χ0) is 22.3. The highest BCUT2D eigenvalue weighted by Crippen LogP contribution is 2.39. The molecule has 4 rings (SSSR count). The molecule has 2 aliphatic rings. The Balaban J connectivity index is 1.44. The van der Waals surface area contributed by atoms with E-state index in [4.69, 9.17) is 0 Å². The van der Waals surface area contributed by atoms with E-state index in [1.165, 1.54) is 0 Å². The van der Waals surface area contributed by atoms with Crippen LogP contribution < -0.4 is 10.2 Å². The van der Waals surface area contributed by atoms with Gasteiger partial charge in [0.25, 0.3) is 0 Å². The summed E-state index contributed by atoms with van der Waals surface area (Å²) in [5.41, 5.74) is 4.43. The van der Waals surface area contributed by atoms with Gasteiger partial charge in [-0.2, -0.15) is 0 Å². The van der Waals surface area contributed by atoms with Crippen molar-refractivity contribution in [3.8, 4) is 0 Å². The molecule has 1 heterocycles. The van der Waals surface area contributed by atoms with Gasteiger partial charge >= 0.3 is 0 Å². The average Bonchev–Trinajstić information content (AvgIpc) is 3.51. The first-order valence-electron chi connectivity index (χ1n) is 10.7. The summed E-state index contributed by atoms with van der Waals surface area (Å²) in [4.78, 5) is 27.0. The van der Waals surface area contributed by atoms with Crippen LogP contribution in [-0.4, -0.2) is 32.0 Å². The van der Waals surface area contributed by atoms with Crippen molar-refractivity contribution in [1.29, 1.82) is 0 Å². The van der Waals surface area contributed by atoms with Crippen molar-refractivity contribution in [2.75, 3.05) is 16.0 Å². The van der Waals surface area contributed by atoms with E-state index in [0.717, 1.165) is 35.2 Å². The largest absolute Gasteiger partial charge is 0.326 e. The van der Waals surface area contributed by atoms with Crippen molar-refractivity contribution in [1.82, 2.24) is 0 Å². The van der Waals surface area contributed by atoms with E-state index in [2.05, 4.69) is 5.32 Å². The monoisotopic (exact) mass is 440 g/mol. The van der Waals surface area contributed by atoms with Gasteiger partial charge in [0, 0.05) is 29.8 Å². The molecule has 164 valence electrons. The van der Waals surface area contributed by atoms with Crippen LogP contribution in [0.15, 0.2) is 41.3 Å². The van der Waals surface area contributed by atoms with Gasteiger partial charge in [-0.15, -0.1) is 0 Å². The molecule has 0 aromatic heterocycles. The van der Waals surface area contributed by atoms with Gasteiger partial charge in [-0.25, -0.2) is 8.42 Å². The number of nitrogens with zero attached hydrogens (tertiary/aromatic N) is 1. The van der Waals surface area contributed by atoms with E-state index in [-0.39, 0.29) is 40.8 Å².